The molecule has 1 aromatic carbocycles. The van der Waals surface area contributed by atoms with Crippen LogP contribution in [0.1, 0.15) is 36.0 Å². The van der Waals surface area contributed by atoms with Crippen LogP contribution in [0.25, 0.3) is 0 Å². The summed E-state index contributed by atoms with van der Waals surface area (Å²) in [5.41, 5.74) is 0.639. The fourth-order valence-electron chi connectivity index (χ4n) is 2.66. The Kier molecular flexibility index (Phi) is 6.90. The average molecular weight is 303 g/mol. The third kappa shape index (κ3) is 5.85. The minimum absolute atomic E-state index is 0.0764. The van der Waals surface area contributed by atoms with E-state index in [1.54, 1.807) is 12.1 Å². The Morgan fingerprint density at radius 2 is 1.73 bits per heavy atom. The van der Waals surface area contributed by atoms with Gasteiger partial charge in [0.2, 0.25) is 5.91 Å². The van der Waals surface area contributed by atoms with Crippen LogP contribution < -0.4 is 16.0 Å². The molecule has 5 nitrogen and oxygen atoms in total. The third-order valence-corrected chi connectivity index (χ3v) is 4.01. The van der Waals surface area contributed by atoms with Crippen molar-refractivity contribution in [1.29, 1.82) is 0 Å². The van der Waals surface area contributed by atoms with E-state index in [9.17, 15) is 9.59 Å². The monoisotopic (exact) mass is 303 g/mol. The van der Waals surface area contributed by atoms with Crippen molar-refractivity contribution in [2.75, 3.05) is 26.2 Å². The van der Waals surface area contributed by atoms with Crippen LogP contribution in [0.2, 0.25) is 0 Å². The van der Waals surface area contributed by atoms with Gasteiger partial charge in [-0.05, 0) is 50.4 Å². The van der Waals surface area contributed by atoms with Gasteiger partial charge in [-0.25, -0.2) is 0 Å². The predicted molar refractivity (Wildman–Crippen MR) is 86.6 cm³/mol. The molecule has 1 fully saturated rings. The lowest BCUT2D eigenvalue weighted by Gasteiger charge is -2.22. The summed E-state index contributed by atoms with van der Waals surface area (Å²) in [7, 11) is 0. The normalized spacial score (nSPS) is 15.3. The van der Waals surface area contributed by atoms with Gasteiger partial charge in [0.05, 0.1) is 0 Å². The molecule has 0 bridgehead atoms. The summed E-state index contributed by atoms with van der Waals surface area (Å²) in [6, 6.07) is 9.08. The van der Waals surface area contributed by atoms with E-state index in [0.717, 1.165) is 19.5 Å². The molecule has 1 heterocycles. The molecule has 0 atom stereocenters. The molecule has 1 aliphatic heterocycles. The largest absolute Gasteiger partial charge is 0.354 e. The lowest BCUT2D eigenvalue weighted by molar-refractivity contribution is -0.121. The highest BCUT2D eigenvalue weighted by Gasteiger charge is 2.14. The third-order valence-electron chi connectivity index (χ3n) is 4.01. The topological polar surface area (TPSA) is 70.2 Å². The van der Waals surface area contributed by atoms with Gasteiger partial charge >= 0.3 is 0 Å². The smallest absolute Gasteiger partial charge is 0.251 e. The second-order valence-corrected chi connectivity index (χ2v) is 5.70. The molecule has 0 unspecified atom stereocenters. The zero-order valence-electron chi connectivity index (χ0n) is 12.9. The highest BCUT2D eigenvalue weighted by molar-refractivity contribution is 5.94. The number of carbonyl (C=O) groups is 2. The van der Waals surface area contributed by atoms with Crippen molar-refractivity contribution in [2.45, 2.75) is 25.7 Å². The molecule has 2 amide bonds. The van der Waals surface area contributed by atoms with Gasteiger partial charge < -0.3 is 16.0 Å². The average Bonchev–Trinajstić information content (AvgIpc) is 2.58. The Morgan fingerprint density at radius 3 is 2.45 bits per heavy atom. The number of benzene rings is 1. The van der Waals surface area contributed by atoms with E-state index in [-0.39, 0.29) is 11.8 Å². The van der Waals surface area contributed by atoms with Crippen LogP contribution in [0.4, 0.5) is 0 Å². The molecule has 5 heteroatoms. The highest BCUT2D eigenvalue weighted by Crippen LogP contribution is 2.17. The number of amides is 2. The molecule has 0 aromatic heterocycles. The molecule has 1 saturated heterocycles. The Balaban J connectivity index is 1.54. The number of nitrogens with one attached hydrogen (secondary N) is 3. The van der Waals surface area contributed by atoms with Gasteiger partial charge in [-0.15, -0.1) is 0 Å². The van der Waals surface area contributed by atoms with E-state index >= 15 is 0 Å². The molecule has 0 radical (unpaired) electrons. The van der Waals surface area contributed by atoms with Crippen LogP contribution in [0.15, 0.2) is 30.3 Å². The van der Waals surface area contributed by atoms with Gasteiger partial charge in [-0.3, -0.25) is 9.59 Å². The summed E-state index contributed by atoms with van der Waals surface area (Å²) in [4.78, 5) is 23.6. The predicted octanol–water partition coefficient (Wildman–Crippen LogP) is 1.31. The van der Waals surface area contributed by atoms with Crippen molar-refractivity contribution in [3.63, 3.8) is 0 Å². The zero-order valence-corrected chi connectivity index (χ0v) is 12.9. The second kappa shape index (κ2) is 9.20. The van der Waals surface area contributed by atoms with Crippen molar-refractivity contribution in [3.05, 3.63) is 35.9 Å². The summed E-state index contributed by atoms with van der Waals surface area (Å²) >= 11 is 0. The van der Waals surface area contributed by atoms with Gasteiger partial charge in [-0.2, -0.15) is 0 Å². The molecular formula is C17H25N3O2. The SMILES string of the molecule is O=C(CCC1CCNCC1)NCCNC(=O)c1ccccc1. The fourth-order valence-corrected chi connectivity index (χ4v) is 2.66. The van der Waals surface area contributed by atoms with Crippen molar-refractivity contribution in [1.82, 2.24) is 16.0 Å². The van der Waals surface area contributed by atoms with Gasteiger partial charge in [0.15, 0.2) is 0 Å². The Bertz CT molecular complexity index is 470. The molecule has 120 valence electrons. The highest BCUT2D eigenvalue weighted by atomic mass is 16.2. The maximum atomic E-state index is 11.8. The maximum absolute atomic E-state index is 11.8. The van der Waals surface area contributed by atoms with Crippen LogP contribution in [0, 0.1) is 5.92 Å². The van der Waals surface area contributed by atoms with Crippen molar-refractivity contribution in [2.24, 2.45) is 5.92 Å². The van der Waals surface area contributed by atoms with Crippen LogP contribution >= 0.6 is 0 Å². The quantitative estimate of drug-likeness (QED) is 0.665. The molecule has 0 saturated carbocycles. The fraction of sp³-hybridized carbons (Fsp3) is 0.529. The lowest BCUT2D eigenvalue weighted by Crippen LogP contribution is -2.35. The summed E-state index contributed by atoms with van der Waals surface area (Å²) in [6.45, 7) is 3.06. The lowest BCUT2D eigenvalue weighted by atomic mass is 9.93. The van der Waals surface area contributed by atoms with E-state index in [1.807, 2.05) is 18.2 Å². The number of piperidine rings is 1. The zero-order chi connectivity index (χ0) is 15.6. The first-order chi connectivity index (χ1) is 10.8. The van der Waals surface area contributed by atoms with E-state index in [4.69, 9.17) is 0 Å². The van der Waals surface area contributed by atoms with Crippen molar-refractivity contribution >= 4 is 11.8 Å². The van der Waals surface area contributed by atoms with E-state index in [2.05, 4.69) is 16.0 Å². The number of hydrogen-bond acceptors (Lipinski definition) is 3. The standard InChI is InChI=1S/C17H25N3O2/c21-16(7-6-14-8-10-18-11-9-14)19-12-13-20-17(22)15-4-2-1-3-5-15/h1-5,14,18H,6-13H2,(H,19,21)(H,20,22). The number of carbonyl (C=O) groups excluding carboxylic acids is 2. The Labute approximate surface area is 131 Å². The molecule has 3 N–H and O–H groups in total. The van der Waals surface area contributed by atoms with Gasteiger partial charge in [-0.1, -0.05) is 18.2 Å². The van der Waals surface area contributed by atoms with Crippen LogP contribution in [0.3, 0.4) is 0 Å². The summed E-state index contributed by atoms with van der Waals surface area (Å²) < 4.78 is 0. The molecular weight excluding hydrogens is 278 g/mol. The molecule has 0 spiro atoms. The van der Waals surface area contributed by atoms with Crippen molar-refractivity contribution < 1.29 is 9.59 Å². The second-order valence-electron chi connectivity index (χ2n) is 5.70. The Hall–Kier alpha value is -1.88. The molecule has 2 rings (SSSR count). The first-order valence-electron chi connectivity index (χ1n) is 8.06. The van der Waals surface area contributed by atoms with Gasteiger partial charge in [0, 0.05) is 25.1 Å². The van der Waals surface area contributed by atoms with E-state index in [0.29, 0.717) is 31.0 Å². The summed E-state index contributed by atoms with van der Waals surface area (Å²) in [5.74, 6) is 0.641. The summed E-state index contributed by atoms with van der Waals surface area (Å²) in [6.07, 6.45) is 3.88. The van der Waals surface area contributed by atoms with E-state index < -0.39 is 0 Å². The van der Waals surface area contributed by atoms with Gasteiger partial charge in [0.25, 0.3) is 5.91 Å². The van der Waals surface area contributed by atoms with E-state index in [1.165, 1.54) is 12.8 Å². The Morgan fingerprint density at radius 1 is 1.05 bits per heavy atom. The summed E-state index contributed by atoms with van der Waals surface area (Å²) in [5, 5.41) is 8.99. The van der Waals surface area contributed by atoms with Crippen LogP contribution in [0.5, 0.6) is 0 Å². The molecule has 1 aliphatic rings. The van der Waals surface area contributed by atoms with Gasteiger partial charge in [0.1, 0.15) is 0 Å². The first-order valence-corrected chi connectivity index (χ1v) is 8.06. The molecule has 1 aromatic rings. The van der Waals surface area contributed by atoms with Crippen LogP contribution in [-0.4, -0.2) is 38.0 Å². The first kappa shape index (κ1) is 16.5. The van der Waals surface area contributed by atoms with Crippen LogP contribution in [-0.2, 0) is 4.79 Å². The maximum Gasteiger partial charge on any atom is 0.251 e. The minimum Gasteiger partial charge on any atom is -0.354 e. The molecule has 0 aliphatic carbocycles. The molecule has 22 heavy (non-hydrogen) atoms. The number of rotatable bonds is 7. The number of hydrogen-bond donors (Lipinski definition) is 3. The van der Waals surface area contributed by atoms with Crippen molar-refractivity contribution in [3.8, 4) is 0 Å². The minimum atomic E-state index is -0.107.